The van der Waals surface area contributed by atoms with E-state index in [0.29, 0.717) is 42.9 Å². The van der Waals surface area contributed by atoms with E-state index >= 15 is 0 Å². The predicted molar refractivity (Wildman–Crippen MR) is 424 cm³/mol. The van der Waals surface area contributed by atoms with Crippen molar-refractivity contribution >= 4 is 53.7 Å². The van der Waals surface area contributed by atoms with Crippen LogP contribution in [-0.4, -0.2) is 145 Å². The maximum atomic E-state index is 14.2. The zero-order valence-corrected chi connectivity index (χ0v) is 76.7. The molecule has 36 heteroatoms. The molecule has 11 fully saturated rings. The number of alkyl halides is 3. The van der Waals surface area contributed by atoms with Crippen LogP contribution in [0.15, 0.2) is 0 Å². The van der Waals surface area contributed by atoms with Crippen LogP contribution in [0.3, 0.4) is 0 Å². The predicted octanol–water partition coefficient (Wildman–Crippen LogP) is 18.6. The van der Waals surface area contributed by atoms with E-state index in [1.165, 1.54) is 32.1 Å². The molecule has 24 nitrogen and oxygen atoms in total. The standard InChI is InChI=1S/C22H19F7O6.C22H34O7.C19H17F5O7.C15H28O2.C13H26O2/c1-4-20(2,3)17(30)33-14-7-5-8-15(14)34-18(31)21(8,6-7)19(32)35-16-12(25)10(23)9(22(27,28)29)11(24)13(16)26;1-7-21(5,6)19(24)27-15-13-14(25-17(15)23)16-18(26-13)29-22(28-16)10-8-12(9-11-22)20(2,3)4;1-4-19(2,3)18(26)30-13-11-12(27-15(13)25)14-17(28-11)31-16(29-14)5-6(20)8(22)10(24)9(23)7(5)21;1-6-14(2,3)13(16)17-15(4,5)12-10-8-7-9-11-12;1-8-13(6,7)12(14)15-11(9(2)3)10(4)5/h7-8,14-15H,4-6H2,1-3H3;12-16,18H,7-11H2,1-6H3;11-14,16-17H,4H2,1-3H3;12H,6-11H2,1-5H3;9-11H,8H2,1-7H3/t;12?,13-,14-,15-,16+,18+,22?;11-,12-,13-,14+,16?,17+;;/m.00../s1. The Morgan fingerprint density at radius 3 is 1.33 bits per heavy atom. The van der Waals surface area contributed by atoms with E-state index < -0.39 is 236 Å². The Kier molecular flexibility index (Phi) is 31.3. The Balaban J connectivity index is 0.000000185. The monoisotopic (exact) mass is 1830 g/mol. The number of fused-ring (bicyclic) bond motifs is 7. The minimum Gasteiger partial charge on any atom is -0.461 e. The zero-order chi connectivity index (χ0) is 95.6. The summed E-state index contributed by atoms with van der Waals surface area (Å²) < 4.78 is 245. The smallest absolute Gasteiger partial charge is 0.422 e. The lowest BCUT2D eigenvalue weighted by molar-refractivity contribution is -0.251. The van der Waals surface area contributed by atoms with Gasteiger partial charge in [-0.15, -0.1) is 0 Å². The first kappa shape index (κ1) is 103. The molecule has 127 heavy (non-hydrogen) atoms. The molecule has 0 amide bonds. The molecule has 16 atom stereocenters. The van der Waals surface area contributed by atoms with Crippen LogP contribution >= 0.6 is 0 Å². The van der Waals surface area contributed by atoms with Gasteiger partial charge in [0.2, 0.25) is 35.4 Å². The van der Waals surface area contributed by atoms with Gasteiger partial charge in [-0.3, -0.25) is 33.6 Å². The lowest BCUT2D eigenvalue weighted by atomic mass is 9.71. The Morgan fingerprint density at radius 2 is 0.882 bits per heavy atom. The van der Waals surface area contributed by atoms with Crippen LogP contribution in [-0.2, 0) is 116 Å². The summed E-state index contributed by atoms with van der Waals surface area (Å²) in [5, 5.41) is 0. The number of carbonyl (C=O) groups excluding carboxylic acids is 9. The summed E-state index contributed by atoms with van der Waals surface area (Å²) in [5.41, 5.74) is -9.42. The summed E-state index contributed by atoms with van der Waals surface area (Å²) in [4.78, 5) is 111. The van der Waals surface area contributed by atoms with Crippen molar-refractivity contribution in [3.8, 4) is 5.75 Å². The quantitative estimate of drug-likeness (QED) is 0.0213. The molecule has 13 rings (SSSR count). The van der Waals surface area contributed by atoms with E-state index in [0.717, 1.165) is 38.5 Å². The van der Waals surface area contributed by atoms with Crippen molar-refractivity contribution < 1.29 is 167 Å². The third kappa shape index (κ3) is 20.9. The van der Waals surface area contributed by atoms with E-state index in [4.69, 9.17) is 66.3 Å². The Morgan fingerprint density at radius 1 is 0.449 bits per heavy atom. The van der Waals surface area contributed by atoms with Crippen molar-refractivity contribution in [1.29, 1.82) is 0 Å². The first-order valence-corrected chi connectivity index (χ1v) is 43.9. The molecule has 716 valence electrons. The maximum Gasteiger partial charge on any atom is 0.422 e. The first-order chi connectivity index (χ1) is 58.5. The molecule has 1 spiro atoms. The molecular weight excluding hydrogens is 1700 g/mol. The van der Waals surface area contributed by atoms with Crippen LogP contribution in [0.25, 0.3) is 0 Å². The fourth-order valence-corrected chi connectivity index (χ4v) is 17.0. The van der Waals surface area contributed by atoms with E-state index in [2.05, 4.69) is 67.1 Å². The highest BCUT2D eigenvalue weighted by Crippen LogP contribution is 2.64. The average molecular weight is 1830 g/mol. The number of hydrogen-bond donors (Lipinski definition) is 0. The number of carbonyl (C=O) groups is 9. The third-order valence-electron chi connectivity index (χ3n) is 27.7. The van der Waals surface area contributed by atoms with Gasteiger partial charge in [0.15, 0.2) is 89.4 Å². The highest BCUT2D eigenvalue weighted by Gasteiger charge is 2.76. The molecule has 11 aliphatic rings. The van der Waals surface area contributed by atoms with Gasteiger partial charge in [0.05, 0.1) is 32.6 Å². The van der Waals surface area contributed by atoms with E-state index in [1.54, 1.807) is 55.4 Å². The van der Waals surface area contributed by atoms with Crippen molar-refractivity contribution in [2.24, 2.45) is 73.4 Å². The highest BCUT2D eigenvalue weighted by molar-refractivity contribution is 6.04. The molecule has 0 aromatic heterocycles. The number of benzene rings is 2. The minimum atomic E-state index is -5.77. The lowest BCUT2D eigenvalue weighted by Gasteiger charge is -2.41. The van der Waals surface area contributed by atoms with Gasteiger partial charge in [-0.05, 0) is 183 Å². The highest BCUT2D eigenvalue weighted by atomic mass is 19.4. The second-order valence-electron chi connectivity index (χ2n) is 40.4. The molecule has 2 aromatic rings. The van der Waals surface area contributed by atoms with Crippen molar-refractivity contribution in [3.05, 3.63) is 63.5 Å². The second-order valence-corrected chi connectivity index (χ2v) is 40.4. The number of hydrogen-bond acceptors (Lipinski definition) is 24. The molecule has 6 unspecified atom stereocenters. The number of esters is 9. The van der Waals surface area contributed by atoms with Crippen LogP contribution in [0.4, 0.5) is 52.7 Å². The van der Waals surface area contributed by atoms with Gasteiger partial charge >= 0.3 is 59.9 Å². The topological polar surface area (TPSA) is 292 Å². The largest absolute Gasteiger partial charge is 0.461 e. The first-order valence-electron chi connectivity index (χ1n) is 43.9. The van der Waals surface area contributed by atoms with Crippen LogP contribution < -0.4 is 4.74 Å². The van der Waals surface area contributed by atoms with E-state index in [9.17, 15) is 95.8 Å². The molecule has 0 N–H and O–H groups in total. The maximum absolute atomic E-state index is 14.2. The number of ether oxygens (including phenoxy) is 15. The summed E-state index contributed by atoms with van der Waals surface area (Å²) in [5.74, 6) is -30.0. The Labute approximate surface area is 732 Å². The number of rotatable bonds is 21. The van der Waals surface area contributed by atoms with E-state index in [1.807, 2.05) is 48.5 Å². The molecule has 4 aliphatic carbocycles. The van der Waals surface area contributed by atoms with Crippen LogP contribution in [0, 0.1) is 126 Å². The van der Waals surface area contributed by atoms with Gasteiger partial charge in [-0.2, -0.15) is 22.0 Å². The van der Waals surface area contributed by atoms with Crippen molar-refractivity contribution in [2.75, 3.05) is 0 Å². The normalized spacial score (nSPS) is 29.6. The zero-order valence-electron chi connectivity index (χ0n) is 76.7. The SMILES string of the molecule is CCC(C)(C)C(=O)OC(C(C)C)C(C)C.CCC(C)(C)C(=O)OC(C)(C)C1CCCCC1.CCC(C)(C)C(=O)OC1C2CC3C1OC(=O)C3(C(=O)Oc1c(F)c(F)c(C(F)(F)F)c(F)c1F)C2.CCC(C)(C)C(=O)O[C@@H]1C(=O)O[C@@H]2[C@H]3OC(c4c(F)c(F)c(F)c(F)c4F)O[C@H]3O[C@@H]21.CCC(C)(C)C(=O)O[C@@H]1C(=O)O[C@@H]2[C@H]3OC4(CCC(C(C)(C)C)CC4)O[C@H]3O[C@@H]21. The molecule has 7 heterocycles. The summed E-state index contributed by atoms with van der Waals surface area (Å²) >= 11 is 0. The molecule has 2 bridgehead atoms. The summed E-state index contributed by atoms with van der Waals surface area (Å²) in [6.45, 7) is 46.8. The molecule has 7 aliphatic heterocycles. The minimum absolute atomic E-state index is 0.0309. The fourth-order valence-electron chi connectivity index (χ4n) is 17.0. The van der Waals surface area contributed by atoms with Gasteiger partial charge in [-0.25, -0.2) is 40.3 Å². The van der Waals surface area contributed by atoms with Crippen LogP contribution in [0.1, 0.15) is 286 Å². The summed E-state index contributed by atoms with van der Waals surface area (Å²) in [7, 11) is 0. The molecule has 2 aromatic carbocycles. The van der Waals surface area contributed by atoms with Crippen molar-refractivity contribution in [1.82, 2.24) is 0 Å². The molecular formula is C91H124F12O24. The van der Waals surface area contributed by atoms with Crippen LogP contribution in [0.5, 0.6) is 5.75 Å². The molecule has 4 saturated carbocycles. The molecule has 7 saturated heterocycles. The fraction of sp³-hybridized carbons (Fsp3) is 0.769. The Bertz CT molecular complexity index is 4340. The number of halogens is 12. The van der Waals surface area contributed by atoms with Gasteiger partial charge < -0.3 is 71.1 Å². The van der Waals surface area contributed by atoms with Gasteiger partial charge in [0.25, 0.3) is 0 Å². The summed E-state index contributed by atoms with van der Waals surface area (Å²) in [6.07, 6.45) is -6.52. The lowest BCUT2D eigenvalue weighted by Crippen LogP contribution is -2.47. The second kappa shape index (κ2) is 38.4. The van der Waals surface area contributed by atoms with Crippen molar-refractivity contribution in [2.45, 2.75) is 372 Å². The Hall–Kier alpha value is -7.41. The summed E-state index contributed by atoms with van der Waals surface area (Å²) in [6, 6.07) is 0. The van der Waals surface area contributed by atoms with Crippen molar-refractivity contribution in [3.63, 3.8) is 0 Å². The van der Waals surface area contributed by atoms with Gasteiger partial charge in [-0.1, -0.05) is 102 Å². The van der Waals surface area contributed by atoms with Crippen LogP contribution in [0.2, 0.25) is 0 Å². The van der Waals surface area contributed by atoms with Gasteiger partial charge in [0.1, 0.15) is 41.7 Å². The van der Waals surface area contributed by atoms with E-state index in [-0.39, 0.29) is 52.7 Å². The molecule has 0 radical (unpaired) electrons. The average Bonchev–Trinajstić information content (AvgIpc) is 1.52. The van der Waals surface area contributed by atoms with Gasteiger partial charge in [0, 0.05) is 24.7 Å². The third-order valence-corrected chi connectivity index (χ3v) is 27.7.